The van der Waals surface area contributed by atoms with Crippen molar-refractivity contribution in [1.82, 2.24) is 10.3 Å². The van der Waals surface area contributed by atoms with Gasteiger partial charge in [-0.25, -0.2) is 9.62 Å². The predicted octanol–water partition coefficient (Wildman–Crippen LogP) is 2.15. The molecule has 84 valence electrons. The number of carbonyl (C=O) groups excluding carboxylic acids is 1. The lowest BCUT2D eigenvalue weighted by atomic mass is 9.91. The molecule has 1 aliphatic rings. The van der Waals surface area contributed by atoms with E-state index in [-0.39, 0.29) is 5.91 Å². The third kappa shape index (κ3) is 1.65. The van der Waals surface area contributed by atoms with Crippen LogP contribution in [0.5, 0.6) is 0 Å². The number of fused-ring (bicyclic) bond motifs is 1. The van der Waals surface area contributed by atoms with Crippen molar-refractivity contribution >= 4 is 22.7 Å². The van der Waals surface area contributed by atoms with Gasteiger partial charge >= 0.3 is 0 Å². The zero-order valence-electron chi connectivity index (χ0n) is 9.01. The topological polar surface area (TPSA) is 68.3 Å². The molecule has 0 N–H and O–H groups in total. The van der Waals surface area contributed by atoms with Crippen LogP contribution in [0.15, 0.2) is 40.0 Å². The van der Waals surface area contributed by atoms with Crippen LogP contribution in [0.25, 0.3) is 11.0 Å². The lowest BCUT2D eigenvalue weighted by Crippen LogP contribution is -2.15. The fourth-order valence-corrected chi connectivity index (χ4v) is 1.65. The summed E-state index contributed by atoms with van der Waals surface area (Å²) in [7, 11) is 0. The summed E-state index contributed by atoms with van der Waals surface area (Å²) in [4.78, 5) is 15.9. The summed E-state index contributed by atoms with van der Waals surface area (Å²) in [6, 6.07) is 4.98. The molecule has 1 heterocycles. The quantitative estimate of drug-likeness (QED) is 0.748. The third-order valence-electron chi connectivity index (χ3n) is 2.81. The van der Waals surface area contributed by atoms with Crippen LogP contribution >= 0.6 is 0 Å². The number of hydrogen-bond donors (Lipinski definition) is 0. The number of allylic oxidation sites excluding steroid dienone is 1. The van der Waals surface area contributed by atoms with Gasteiger partial charge in [-0.15, -0.1) is 0 Å². The predicted molar refractivity (Wildman–Crippen MR) is 61.9 cm³/mol. The molecule has 1 saturated carbocycles. The molecule has 17 heavy (non-hydrogen) atoms. The van der Waals surface area contributed by atoms with Crippen LogP contribution in [-0.2, 0) is 0 Å². The second-order valence-electron chi connectivity index (χ2n) is 3.93. The van der Waals surface area contributed by atoms with Crippen molar-refractivity contribution in [3.63, 3.8) is 0 Å². The van der Waals surface area contributed by atoms with Crippen molar-refractivity contribution in [3.8, 4) is 0 Å². The van der Waals surface area contributed by atoms with Gasteiger partial charge in [-0.2, -0.15) is 0 Å². The zero-order valence-corrected chi connectivity index (χ0v) is 9.01. The first-order valence-corrected chi connectivity index (χ1v) is 5.26. The summed E-state index contributed by atoms with van der Waals surface area (Å²) < 4.78 is 4.57. The van der Waals surface area contributed by atoms with Crippen LogP contribution in [-0.4, -0.2) is 21.9 Å². The molecule has 1 aromatic heterocycles. The molecule has 5 nitrogen and oxygen atoms in total. The van der Waals surface area contributed by atoms with Gasteiger partial charge < -0.3 is 0 Å². The Kier molecular flexibility index (Phi) is 2.11. The highest BCUT2D eigenvalue weighted by Crippen LogP contribution is 2.22. The Balaban J connectivity index is 1.95. The van der Waals surface area contributed by atoms with E-state index in [0.717, 1.165) is 24.1 Å². The van der Waals surface area contributed by atoms with Gasteiger partial charge in [0.1, 0.15) is 11.0 Å². The van der Waals surface area contributed by atoms with Crippen molar-refractivity contribution in [1.29, 1.82) is 0 Å². The Bertz CT molecular complexity index is 655. The molecule has 1 aromatic carbocycles. The number of rotatable bonds is 1. The fourth-order valence-electron chi connectivity index (χ4n) is 1.65. The molecule has 0 unspecified atom stereocenters. The molecule has 0 radical (unpaired) electrons. The van der Waals surface area contributed by atoms with Crippen LogP contribution in [0.2, 0.25) is 0 Å². The van der Waals surface area contributed by atoms with E-state index in [1.807, 2.05) is 0 Å². The van der Waals surface area contributed by atoms with Crippen molar-refractivity contribution in [2.75, 3.05) is 0 Å². The highest BCUT2D eigenvalue weighted by Gasteiger charge is 2.18. The lowest BCUT2D eigenvalue weighted by Gasteiger charge is -2.17. The second kappa shape index (κ2) is 3.62. The maximum Gasteiger partial charge on any atom is 0.277 e. The van der Waals surface area contributed by atoms with Crippen LogP contribution in [0.1, 0.15) is 23.2 Å². The van der Waals surface area contributed by atoms with Gasteiger partial charge in [-0.3, -0.25) is 4.79 Å². The summed E-state index contributed by atoms with van der Waals surface area (Å²) in [5.41, 5.74) is 3.42. The molecule has 0 aliphatic heterocycles. The fraction of sp³-hybridized carbons (Fsp3) is 0.167. The van der Waals surface area contributed by atoms with Crippen molar-refractivity contribution in [3.05, 3.63) is 35.9 Å². The molecule has 1 fully saturated rings. The maximum absolute atomic E-state index is 11.9. The first kappa shape index (κ1) is 9.89. The molecule has 0 atom stereocenters. The number of nitrogens with zero attached hydrogens (tertiary/aromatic N) is 3. The minimum atomic E-state index is -0.272. The Labute approximate surface area is 96.8 Å². The van der Waals surface area contributed by atoms with Gasteiger partial charge in [-0.1, -0.05) is 6.58 Å². The molecule has 1 amide bonds. The van der Waals surface area contributed by atoms with E-state index in [0.29, 0.717) is 16.6 Å². The standard InChI is InChI=1S/C12H9N3O2/c1-7-2-4-9(7)13-12(16)8-3-5-10-11(6-8)15-17-14-10/h3,5-6H,1-2,4H2. The van der Waals surface area contributed by atoms with Crippen molar-refractivity contribution in [2.24, 2.45) is 4.99 Å². The molecule has 1 aliphatic carbocycles. The second-order valence-corrected chi connectivity index (χ2v) is 3.93. The smallest absolute Gasteiger partial charge is 0.267 e. The van der Waals surface area contributed by atoms with Gasteiger partial charge in [0.25, 0.3) is 5.91 Å². The average molecular weight is 227 g/mol. The van der Waals surface area contributed by atoms with Gasteiger partial charge in [0, 0.05) is 11.3 Å². The SMILES string of the molecule is C=C1CCC1=NC(=O)c1ccc2nonc2c1. The molecular weight excluding hydrogens is 218 g/mol. The van der Waals surface area contributed by atoms with Crippen LogP contribution < -0.4 is 0 Å². The van der Waals surface area contributed by atoms with Gasteiger partial charge in [0.2, 0.25) is 0 Å². The molecule has 5 heteroatoms. The molecular formula is C12H9N3O2. The van der Waals surface area contributed by atoms with E-state index in [1.165, 1.54) is 0 Å². The van der Waals surface area contributed by atoms with Crippen LogP contribution in [0, 0.1) is 0 Å². The normalized spacial score (nSPS) is 17.4. The Morgan fingerprint density at radius 1 is 1.29 bits per heavy atom. The van der Waals surface area contributed by atoms with E-state index < -0.39 is 0 Å². The molecule has 3 rings (SSSR count). The average Bonchev–Trinajstić information content (AvgIpc) is 2.80. The summed E-state index contributed by atoms with van der Waals surface area (Å²) >= 11 is 0. The van der Waals surface area contributed by atoms with E-state index in [1.54, 1.807) is 18.2 Å². The zero-order chi connectivity index (χ0) is 11.8. The van der Waals surface area contributed by atoms with E-state index in [4.69, 9.17) is 0 Å². The summed E-state index contributed by atoms with van der Waals surface area (Å²) in [6.45, 7) is 3.81. The van der Waals surface area contributed by atoms with Crippen molar-refractivity contribution < 1.29 is 9.42 Å². The number of hydrogen-bond acceptors (Lipinski definition) is 4. The minimum absolute atomic E-state index is 0.272. The first-order valence-electron chi connectivity index (χ1n) is 5.26. The molecule has 2 aromatic rings. The number of aromatic nitrogens is 2. The van der Waals surface area contributed by atoms with Gasteiger partial charge in [-0.05, 0) is 46.9 Å². The monoisotopic (exact) mass is 227 g/mol. The summed E-state index contributed by atoms with van der Waals surface area (Å²) in [5.74, 6) is -0.272. The van der Waals surface area contributed by atoms with E-state index in [2.05, 4.69) is 26.5 Å². The Morgan fingerprint density at radius 2 is 2.12 bits per heavy atom. The number of benzene rings is 1. The minimum Gasteiger partial charge on any atom is -0.267 e. The van der Waals surface area contributed by atoms with E-state index in [9.17, 15) is 4.79 Å². The summed E-state index contributed by atoms with van der Waals surface area (Å²) in [5, 5.41) is 7.36. The Hall–Kier alpha value is -2.30. The van der Waals surface area contributed by atoms with Crippen LogP contribution in [0.4, 0.5) is 0 Å². The molecule has 0 spiro atoms. The summed E-state index contributed by atoms with van der Waals surface area (Å²) in [6.07, 6.45) is 1.76. The Morgan fingerprint density at radius 3 is 2.82 bits per heavy atom. The number of carbonyl (C=O) groups is 1. The van der Waals surface area contributed by atoms with E-state index >= 15 is 0 Å². The molecule has 0 saturated heterocycles. The first-order chi connectivity index (χ1) is 8.24. The lowest BCUT2D eigenvalue weighted by molar-refractivity contribution is 0.100. The van der Waals surface area contributed by atoms with Gasteiger partial charge in [0.05, 0.1) is 0 Å². The van der Waals surface area contributed by atoms with Crippen molar-refractivity contribution in [2.45, 2.75) is 12.8 Å². The highest BCUT2D eigenvalue weighted by molar-refractivity contribution is 6.13. The largest absolute Gasteiger partial charge is 0.277 e. The molecule has 0 bridgehead atoms. The number of aliphatic imine (C=N–C) groups is 1. The van der Waals surface area contributed by atoms with Gasteiger partial charge in [0.15, 0.2) is 0 Å². The highest BCUT2D eigenvalue weighted by atomic mass is 16.6. The maximum atomic E-state index is 11.9. The third-order valence-corrected chi connectivity index (χ3v) is 2.81. The number of amides is 1. The van der Waals surface area contributed by atoms with Crippen LogP contribution in [0.3, 0.4) is 0 Å².